The molecule has 0 fully saturated rings. The Balaban J connectivity index is 1.36. The molecular weight excluding hydrogens is 735 g/mol. The van der Waals surface area contributed by atoms with E-state index in [-0.39, 0.29) is 11.3 Å². The van der Waals surface area contributed by atoms with Crippen LogP contribution >= 0.6 is 0 Å². The zero-order valence-electron chi connectivity index (χ0n) is 35.1. The molecule has 0 spiro atoms. The summed E-state index contributed by atoms with van der Waals surface area (Å²) in [6.07, 6.45) is 10.2. The molecule has 0 saturated carbocycles. The second-order valence-corrected chi connectivity index (χ2v) is 16.2. The van der Waals surface area contributed by atoms with E-state index in [1.54, 1.807) is 0 Å². The van der Waals surface area contributed by atoms with Gasteiger partial charge < -0.3 is 4.90 Å². The van der Waals surface area contributed by atoms with Crippen molar-refractivity contribution in [3.05, 3.63) is 270 Å². The molecule has 1 heteroatoms. The third-order valence-corrected chi connectivity index (χ3v) is 13.0. The predicted octanol–water partition coefficient (Wildman–Crippen LogP) is 15.2. The van der Waals surface area contributed by atoms with Gasteiger partial charge in [0.05, 0.1) is 11.1 Å². The van der Waals surface area contributed by atoms with Crippen molar-refractivity contribution in [1.29, 1.82) is 0 Å². The Morgan fingerprint density at radius 3 is 1.84 bits per heavy atom. The van der Waals surface area contributed by atoms with E-state index in [1.165, 1.54) is 39.0 Å². The van der Waals surface area contributed by atoms with Gasteiger partial charge in [0.15, 0.2) is 0 Å². The standard InChI is InChI=1S/C60H49N/c1-6-7-34-53-45(4)59(5,47-28-14-9-15-29-47)56-40-38-50(41-55(53)56)61(58-36-23-22-35-54(58)46-26-12-8-13-27-46)51-37-39-52-43(2)24-20-21-25-44(3)60(57(52)42-51,48-30-16-10-17-31-48)49-32-18-11-19-33-49/h6-20,22-24,26-42,44H,1-2H2,3-5H3/b24-20-,34-7-. The Kier molecular flexibility index (Phi) is 10.5. The van der Waals surface area contributed by atoms with Crippen LogP contribution in [0.5, 0.6) is 0 Å². The highest BCUT2D eigenvalue weighted by Gasteiger charge is 2.44. The SMILES string of the molecule is C=C/C=C\C1=C(C)C(C)(c2ccccc2)c2ccc(N(c3ccc4c(c3)C(c3ccccc3)(c3ccccc3)C(C)C#C/C=C\C4=C)c3ccccc3-c3ccccc3)cc21. The molecule has 0 N–H and O–H groups in total. The minimum Gasteiger partial charge on any atom is -0.310 e. The Morgan fingerprint density at radius 1 is 0.607 bits per heavy atom. The third-order valence-electron chi connectivity index (χ3n) is 13.0. The van der Waals surface area contributed by atoms with Crippen molar-refractivity contribution in [2.24, 2.45) is 5.92 Å². The van der Waals surface area contributed by atoms with Crippen molar-refractivity contribution in [3.8, 4) is 23.0 Å². The zero-order valence-corrected chi connectivity index (χ0v) is 35.1. The number of para-hydroxylation sites is 1. The summed E-state index contributed by atoms with van der Waals surface area (Å²) in [4.78, 5) is 2.45. The molecule has 0 radical (unpaired) electrons. The molecule has 0 bridgehead atoms. The Hall–Kier alpha value is -7.40. The predicted molar refractivity (Wildman–Crippen MR) is 259 cm³/mol. The first-order chi connectivity index (χ1) is 29.9. The van der Waals surface area contributed by atoms with E-state index < -0.39 is 5.41 Å². The Bertz CT molecular complexity index is 2880. The number of allylic oxidation sites excluding steroid dienone is 8. The quantitative estimate of drug-likeness (QED) is 0.104. The molecule has 0 amide bonds. The number of hydrogen-bond acceptors (Lipinski definition) is 1. The van der Waals surface area contributed by atoms with Crippen LogP contribution < -0.4 is 4.90 Å². The molecule has 1 nitrogen and oxygen atoms in total. The van der Waals surface area contributed by atoms with Crippen molar-refractivity contribution < 1.29 is 0 Å². The molecule has 0 heterocycles. The number of nitrogens with zero attached hydrogens (tertiary/aromatic N) is 1. The molecule has 9 rings (SSSR count). The molecule has 0 saturated heterocycles. The molecule has 7 aromatic carbocycles. The topological polar surface area (TPSA) is 3.24 Å². The Morgan fingerprint density at radius 2 is 1.18 bits per heavy atom. The first kappa shape index (κ1) is 39.1. The zero-order chi connectivity index (χ0) is 42.0. The molecule has 2 atom stereocenters. The lowest BCUT2D eigenvalue weighted by molar-refractivity contribution is 0.495. The maximum atomic E-state index is 4.65. The summed E-state index contributed by atoms with van der Waals surface area (Å²) in [6.45, 7) is 15.6. The van der Waals surface area contributed by atoms with Crippen molar-refractivity contribution in [1.82, 2.24) is 0 Å². The average Bonchev–Trinajstić information content (AvgIpc) is 3.55. The van der Waals surface area contributed by atoms with Gasteiger partial charge in [-0.3, -0.25) is 0 Å². The second-order valence-electron chi connectivity index (χ2n) is 16.2. The van der Waals surface area contributed by atoms with E-state index in [4.69, 9.17) is 0 Å². The molecule has 7 aromatic rings. The fourth-order valence-electron chi connectivity index (χ4n) is 9.89. The maximum Gasteiger partial charge on any atom is 0.0592 e. The lowest BCUT2D eigenvalue weighted by Gasteiger charge is -2.41. The maximum absolute atomic E-state index is 4.65. The van der Waals surface area contributed by atoms with Crippen LogP contribution in [0.3, 0.4) is 0 Å². The summed E-state index contributed by atoms with van der Waals surface area (Å²) in [5.41, 5.74) is 16.4. The van der Waals surface area contributed by atoms with Crippen LogP contribution in [0.15, 0.2) is 231 Å². The minimum atomic E-state index is -0.641. The van der Waals surface area contributed by atoms with E-state index in [9.17, 15) is 0 Å². The monoisotopic (exact) mass is 783 g/mol. The van der Waals surface area contributed by atoms with Gasteiger partial charge in [-0.05, 0) is 119 Å². The van der Waals surface area contributed by atoms with E-state index in [2.05, 4.69) is 251 Å². The number of benzene rings is 7. The molecule has 0 aromatic heterocycles. The van der Waals surface area contributed by atoms with Gasteiger partial charge in [0, 0.05) is 28.3 Å². The summed E-state index contributed by atoms with van der Waals surface area (Å²) >= 11 is 0. The van der Waals surface area contributed by atoms with Gasteiger partial charge in [0.25, 0.3) is 0 Å². The van der Waals surface area contributed by atoms with Gasteiger partial charge in [-0.25, -0.2) is 0 Å². The van der Waals surface area contributed by atoms with Crippen molar-refractivity contribution in [3.63, 3.8) is 0 Å². The van der Waals surface area contributed by atoms with Crippen LogP contribution in [0.25, 0.3) is 22.3 Å². The van der Waals surface area contributed by atoms with Crippen molar-refractivity contribution in [2.45, 2.75) is 31.6 Å². The summed E-state index contributed by atoms with van der Waals surface area (Å²) in [7, 11) is 0. The van der Waals surface area contributed by atoms with Gasteiger partial charge in [-0.15, -0.1) is 0 Å². The van der Waals surface area contributed by atoms with Crippen LogP contribution in [0, 0.1) is 17.8 Å². The summed E-state index contributed by atoms with van der Waals surface area (Å²) in [5.74, 6) is 6.98. The van der Waals surface area contributed by atoms with Crippen molar-refractivity contribution in [2.75, 3.05) is 4.90 Å². The highest BCUT2D eigenvalue weighted by atomic mass is 15.1. The molecule has 2 unspecified atom stereocenters. The number of rotatable bonds is 9. The average molecular weight is 784 g/mol. The Labute approximate surface area is 362 Å². The number of fused-ring (bicyclic) bond motifs is 2. The molecular formula is C60H49N. The molecule has 0 aliphatic heterocycles. The number of anilines is 3. The smallest absolute Gasteiger partial charge is 0.0592 e. The van der Waals surface area contributed by atoms with E-state index >= 15 is 0 Å². The van der Waals surface area contributed by atoms with Gasteiger partial charge in [0.1, 0.15) is 0 Å². The lowest BCUT2D eigenvalue weighted by atomic mass is 9.61. The summed E-state index contributed by atoms with van der Waals surface area (Å²) < 4.78 is 0. The largest absolute Gasteiger partial charge is 0.310 e. The summed E-state index contributed by atoms with van der Waals surface area (Å²) in [6, 6.07) is 66.2. The normalized spacial score (nSPS) is 18.2. The van der Waals surface area contributed by atoms with E-state index in [0.717, 1.165) is 44.9 Å². The molecule has 2 aliphatic carbocycles. The van der Waals surface area contributed by atoms with Gasteiger partial charge in [0.2, 0.25) is 0 Å². The second kappa shape index (κ2) is 16.3. The molecule has 2 aliphatic rings. The molecule has 61 heavy (non-hydrogen) atoms. The van der Waals surface area contributed by atoms with Gasteiger partial charge in [-0.2, -0.15) is 0 Å². The van der Waals surface area contributed by atoms with Crippen molar-refractivity contribution >= 4 is 28.2 Å². The van der Waals surface area contributed by atoms with Crippen LogP contribution in [-0.4, -0.2) is 0 Å². The first-order valence-corrected chi connectivity index (χ1v) is 21.1. The highest BCUT2D eigenvalue weighted by molar-refractivity contribution is 5.93. The number of hydrogen-bond donors (Lipinski definition) is 0. The van der Waals surface area contributed by atoms with Crippen LogP contribution in [0.4, 0.5) is 17.1 Å². The fourth-order valence-corrected chi connectivity index (χ4v) is 9.89. The lowest BCUT2D eigenvalue weighted by Crippen LogP contribution is -2.37. The van der Waals surface area contributed by atoms with E-state index in [1.807, 2.05) is 12.2 Å². The third kappa shape index (κ3) is 6.62. The van der Waals surface area contributed by atoms with Gasteiger partial charge >= 0.3 is 0 Å². The molecule has 294 valence electrons. The minimum absolute atomic E-state index is 0.102. The van der Waals surface area contributed by atoms with Crippen LogP contribution in [0.2, 0.25) is 0 Å². The van der Waals surface area contributed by atoms with Crippen LogP contribution in [0.1, 0.15) is 59.7 Å². The van der Waals surface area contributed by atoms with Crippen LogP contribution in [-0.2, 0) is 10.8 Å². The fraction of sp³-hybridized carbons (Fsp3) is 0.100. The summed E-state index contributed by atoms with van der Waals surface area (Å²) in [5, 5.41) is 0. The first-order valence-electron chi connectivity index (χ1n) is 21.1. The van der Waals surface area contributed by atoms with E-state index in [0.29, 0.717) is 0 Å². The van der Waals surface area contributed by atoms with Gasteiger partial charge in [-0.1, -0.05) is 200 Å². The highest BCUT2D eigenvalue weighted by Crippen LogP contribution is 2.54.